The summed E-state index contributed by atoms with van der Waals surface area (Å²) in [6.07, 6.45) is 49.8. The maximum absolute atomic E-state index is 12.6. The van der Waals surface area contributed by atoms with Gasteiger partial charge in [-0.3, -0.25) is 4.79 Å². The van der Waals surface area contributed by atoms with E-state index in [0.29, 0.717) is 108 Å². The zero-order valence-electron chi connectivity index (χ0n) is 84.9. The van der Waals surface area contributed by atoms with Gasteiger partial charge in [0, 0.05) is 62.7 Å². The van der Waals surface area contributed by atoms with E-state index in [-0.39, 0.29) is 123 Å². The topological polar surface area (TPSA) is 408 Å². The molecule has 6 unspecified atom stereocenters. The van der Waals surface area contributed by atoms with Crippen LogP contribution in [0, 0.1) is 30.6 Å². The SMILES string of the molecule is C=C1C[C@H](C)C[C@@H]2CC=C[C@@H](C/C=C\C(=O)OC([C@@H](O)/C=C/C3CC(=O)C=CO3)C[C@@H]3O[C@H]3[C@@H](O)C1)O2.C=C1C[C@H](C)C[C@@H]2CC=C[C@@H](C/C=C\C(=O)OC([C@@H](O)/C=C/C3CCCCO3)C[C@@H]3O[C@H]3[C@@H](O)C1)O2.C=C1C[C@H](C)C[C@@H]2CC=C[C@@H](C/C=C\C(=O)OC([C@@H](O)/C=C/C3OCCO3)C[C@@H]3O[C@H]3[C@@H](O)C1)O2.C=C1C[C@H](C)C[C@@H]2CC=C[C@@H](C/C=C\C(=O)OC([C@@H](O)/C=C/c3cccc(C)c3)C[C@@H]3O[C@H]3[C@@H](O)C1)O2. The molecular formula is C116H158O29. The van der Waals surface area contributed by atoms with Gasteiger partial charge in [-0.2, -0.15) is 0 Å². The molecule has 0 aromatic heterocycles. The van der Waals surface area contributed by atoms with Crippen LogP contribution in [0.4, 0.5) is 0 Å². The Bertz CT molecular complexity index is 4790. The van der Waals surface area contributed by atoms with Gasteiger partial charge in [0.1, 0.15) is 79.4 Å². The van der Waals surface area contributed by atoms with Gasteiger partial charge in [-0.05, 0) is 196 Å². The summed E-state index contributed by atoms with van der Waals surface area (Å²) in [5, 5.41) is 86.2. The normalized spacial score (nSPS) is 38.6. The molecule has 1 aromatic rings. The number of esters is 4. The van der Waals surface area contributed by atoms with E-state index in [0.717, 1.165) is 130 Å². The molecule has 1 aromatic carbocycles. The molecule has 6 saturated heterocycles. The number of aliphatic hydroxyl groups is 8. The molecule has 15 aliphatic heterocycles. The number of rotatable bonds is 12. The fourth-order valence-corrected chi connectivity index (χ4v) is 21.0. The Morgan fingerprint density at radius 3 is 1.03 bits per heavy atom. The summed E-state index contributed by atoms with van der Waals surface area (Å²) in [4.78, 5) is 62.0. The molecule has 145 heavy (non-hydrogen) atoms. The lowest BCUT2D eigenvalue weighted by Gasteiger charge is -2.28. The van der Waals surface area contributed by atoms with Gasteiger partial charge in [0.05, 0.1) is 130 Å². The van der Waals surface area contributed by atoms with E-state index < -0.39 is 116 Å². The van der Waals surface area contributed by atoms with E-state index >= 15 is 0 Å². The molecule has 15 aliphatic rings. The number of ketones is 1. The first-order valence-corrected chi connectivity index (χ1v) is 52.8. The maximum Gasteiger partial charge on any atom is 0.330 e. The first-order valence-electron chi connectivity index (χ1n) is 52.8. The second-order valence-electron chi connectivity index (χ2n) is 42.1. The van der Waals surface area contributed by atoms with Crippen molar-refractivity contribution in [3.63, 3.8) is 0 Å². The molecule has 0 spiro atoms. The van der Waals surface area contributed by atoms with E-state index in [1.807, 2.05) is 67.6 Å². The quantitative estimate of drug-likeness (QED) is 0.0417. The van der Waals surface area contributed by atoms with Crippen LogP contribution in [-0.4, -0.2) is 280 Å². The zero-order chi connectivity index (χ0) is 103. The molecule has 6 fully saturated rings. The molecule has 8 bridgehead atoms. The number of hydrogen-bond acceptors (Lipinski definition) is 29. The summed E-state index contributed by atoms with van der Waals surface area (Å²) in [6.45, 7) is 29.2. The predicted molar refractivity (Wildman–Crippen MR) is 545 cm³/mol. The third kappa shape index (κ3) is 39.7. The molecule has 0 amide bonds. The number of hydrogen-bond donors (Lipinski definition) is 8. The third-order valence-electron chi connectivity index (χ3n) is 28.4. The van der Waals surface area contributed by atoms with Crippen molar-refractivity contribution in [3.05, 3.63) is 236 Å². The number of benzene rings is 1. The van der Waals surface area contributed by atoms with Gasteiger partial charge in [-0.25, -0.2) is 19.2 Å². The monoisotopic (exact) mass is 2020 g/mol. The van der Waals surface area contributed by atoms with Crippen molar-refractivity contribution in [3.8, 4) is 0 Å². The lowest BCUT2D eigenvalue weighted by atomic mass is 9.91. The Labute approximate surface area is 855 Å². The van der Waals surface area contributed by atoms with Crippen LogP contribution in [0.5, 0.6) is 0 Å². The Balaban J connectivity index is 0.000000162. The molecule has 0 aliphatic carbocycles. The number of cyclic esters (lactones) is 4. The van der Waals surface area contributed by atoms with Crippen LogP contribution >= 0.6 is 0 Å². The molecule has 8 N–H and O–H groups in total. The highest BCUT2D eigenvalue weighted by molar-refractivity contribution is 5.90. The fourth-order valence-electron chi connectivity index (χ4n) is 21.0. The van der Waals surface area contributed by atoms with Gasteiger partial charge in [0.2, 0.25) is 0 Å². The molecule has 34 atom stereocenters. The number of epoxide rings is 4. The van der Waals surface area contributed by atoms with Crippen LogP contribution in [0.25, 0.3) is 6.08 Å². The van der Waals surface area contributed by atoms with Crippen LogP contribution < -0.4 is 0 Å². The Morgan fingerprint density at radius 1 is 0.359 bits per heavy atom. The molecule has 16 rings (SSSR count). The van der Waals surface area contributed by atoms with E-state index in [2.05, 4.69) is 78.3 Å². The zero-order valence-corrected chi connectivity index (χ0v) is 84.9. The van der Waals surface area contributed by atoms with Gasteiger partial charge in [0.25, 0.3) is 0 Å². The standard InChI is InChI=1S/C31H40O6.C29H38O8.C29H42O7.C27H38O8/c1-20-7-4-8-23(16-20)13-14-26(32)28-19-29-31(37-29)27(33)18-22(3)15-21(2)17-25-11-5-9-24(35-25)10-6-12-30(34)36-28;1-18-13-19(2)15-25(32)29-27(37-29)17-26(24(31)10-9-22-16-20(30)11-12-34-22)36-28(33)8-4-6-21-5-3-7-23(14-18)35-21;1-19-15-20(2)17-25(31)29-27(36-29)18-26(24(30)13-12-21-7-3-4-14-33-21)35-28(32)11-6-9-22-8-5-10-23(16-19)34-22;1-17-13-18(2)15-22(29)27-24(35-27)16-23(21(28)9-10-26-31-11-12-32-26)34-25(30)8-4-6-19-5-3-7-20(14-17)33-19/h4-9,12-14,16,21,24-29,31-33H,3,10-11,15,17-19H2,1-2H3;3-5,8-12,18,21-27,29,31-32H,2,6-7,13-17H2,1H3;5-6,8,11-13,19,21-27,29-31H,2-4,7,9-10,14-18H2,1H3;3-5,8-10,17,19-24,26-29H,2,6-7,11-16H2,1H3/b12-6-,14-13+;8-4-,10-9+;11-6-,13-12+;8-4-,10-9+/t21-,24-,25-,26-,27-,28?,29-,31-;18-,21-,22?,23-,24-,25-,26?,27-,29-;19-,21?,22-,23-,24-,25-,26?,27-,29-;17-,19-,20-,21-,22-,23?,24-,27-/m0000/s1. The van der Waals surface area contributed by atoms with Crippen LogP contribution in [0.2, 0.25) is 0 Å². The van der Waals surface area contributed by atoms with Crippen molar-refractivity contribution in [2.45, 2.75) is 404 Å². The summed E-state index contributed by atoms with van der Waals surface area (Å²) >= 11 is 0. The van der Waals surface area contributed by atoms with Crippen molar-refractivity contribution >= 4 is 35.7 Å². The van der Waals surface area contributed by atoms with E-state index in [9.17, 15) is 64.8 Å². The average molecular weight is 2020 g/mol. The van der Waals surface area contributed by atoms with Crippen LogP contribution in [0.1, 0.15) is 219 Å². The number of carbonyl (C=O) groups is 5. The molecule has 29 nitrogen and oxygen atoms in total. The molecular weight excluding hydrogens is 1860 g/mol. The van der Waals surface area contributed by atoms with E-state index in [4.69, 9.17) is 75.8 Å². The second-order valence-corrected chi connectivity index (χ2v) is 42.1. The summed E-state index contributed by atoms with van der Waals surface area (Å²) in [5.41, 5.74) is 6.00. The number of aryl methyl sites for hydroxylation is 1. The Morgan fingerprint density at radius 2 is 0.697 bits per heavy atom. The van der Waals surface area contributed by atoms with Gasteiger partial charge in [-0.15, -0.1) is 0 Å². The maximum atomic E-state index is 12.6. The first kappa shape index (κ1) is 114. The lowest BCUT2D eigenvalue weighted by molar-refractivity contribution is -0.148. The van der Waals surface area contributed by atoms with Gasteiger partial charge < -0.3 is 117 Å². The third-order valence-corrected chi connectivity index (χ3v) is 28.4. The molecule has 796 valence electrons. The predicted octanol–water partition coefficient (Wildman–Crippen LogP) is 14.8. The highest BCUT2D eigenvalue weighted by Gasteiger charge is 2.51. The van der Waals surface area contributed by atoms with Crippen LogP contribution in [0.3, 0.4) is 0 Å². The smallest absolute Gasteiger partial charge is 0.330 e. The summed E-state index contributed by atoms with van der Waals surface area (Å²) in [6, 6.07) is 7.92. The Kier molecular flexibility index (Phi) is 44.9. The molecule has 29 heteroatoms. The van der Waals surface area contributed by atoms with Crippen LogP contribution in [0.15, 0.2) is 225 Å². The van der Waals surface area contributed by atoms with Crippen molar-refractivity contribution in [1.29, 1.82) is 0 Å². The highest BCUT2D eigenvalue weighted by Crippen LogP contribution is 2.42. The van der Waals surface area contributed by atoms with E-state index in [1.165, 1.54) is 48.8 Å². The fraction of sp³-hybridized carbons (Fsp3) is 0.612. The molecule has 0 saturated carbocycles. The first-order chi connectivity index (χ1) is 69.8. The average Bonchev–Trinajstić information content (AvgIpc) is 1.67. The number of aliphatic hydroxyl groups excluding tert-OH is 8. The lowest BCUT2D eigenvalue weighted by Crippen LogP contribution is -2.32. The number of carbonyl (C=O) groups excluding carboxylic acids is 5. The molecule has 0 radical (unpaired) electrons. The number of ether oxygens (including phenoxy) is 16. The van der Waals surface area contributed by atoms with Gasteiger partial charge in [0.15, 0.2) is 12.1 Å². The Hall–Kier alpha value is -8.61. The van der Waals surface area contributed by atoms with Gasteiger partial charge in [-0.1, -0.05) is 216 Å². The molecule has 15 heterocycles. The van der Waals surface area contributed by atoms with Crippen molar-refractivity contribution in [2.75, 3.05) is 19.8 Å². The van der Waals surface area contributed by atoms with Crippen LogP contribution in [-0.2, 0) is 99.8 Å². The largest absolute Gasteiger partial charge is 0.493 e. The summed E-state index contributed by atoms with van der Waals surface area (Å²) in [5.74, 6) is -0.712. The highest BCUT2D eigenvalue weighted by atomic mass is 16.7. The minimum atomic E-state index is -1.14. The van der Waals surface area contributed by atoms with Crippen molar-refractivity contribution in [2.24, 2.45) is 23.7 Å². The van der Waals surface area contributed by atoms with Crippen molar-refractivity contribution < 1.29 is 141 Å². The van der Waals surface area contributed by atoms with Crippen molar-refractivity contribution in [1.82, 2.24) is 0 Å². The number of fused-ring (bicyclic) bond motifs is 12. The second kappa shape index (κ2) is 57.4. The van der Waals surface area contributed by atoms with Gasteiger partial charge >= 0.3 is 23.9 Å². The van der Waals surface area contributed by atoms with E-state index in [1.54, 1.807) is 48.6 Å². The minimum Gasteiger partial charge on any atom is -0.493 e. The number of allylic oxidation sites excluding steroid dienone is 1. The minimum absolute atomic E-state index is 0.0317. The summed E-state index contributed by atoms with van der Waals surface area (Å²) in [7, 11) is 0. The summed E-state index contributed by atoms with van der Waals surface area (Å²) < 4.78 is 92.1.